The van der Waals surface area contributed by atoms with Gasteiger partial charge in [-0.2, -0.15) is 13.2 Å². The number of aromatic amines is 1. The van der Waals surface area contributed by atoms with Gasteiger partial charge in [-0.3, -0.25) is 14.9 Å². The average molecular weight is 274 g/mol. The lowest BCUT2D eigenvalue weighted by molar-refractivity contribution is -0.383. The molecule has 0 unspecified atom stereocenters. The van der Waals surface area contributed by atoms with Crippen LogP contribution in [0.5, 0.6) is 0 Å². The molecule has 1 heterocycles. The first-order valence-corrected chi connectivity index (χ1v) is 4.75. The lowest BCUT2D eigenvalue weighted by Crippen LogP contribution is -2.12. The van der Waals surface area contributed by atoms with E-state index in [-0.39, 0.29) is 11.0 Å². The maximum absolute atomic E-state index is 12.6. The van der Waals surface area contributed by atoms with Crippen LogP contribution in [0.3, 0.4) is 0 Å². The van der Waals surface area contributed by atoms with Crippen LogP contribution in [-0.2, 0) is 6.18 Å². The highest BCUT2D eigenvalue weighted by Gasteiger charge is 2.34. The van der Waals surface area contributed by atoms with Crippen LogP contribution in [0, 0.1) is 10.1 Å². The van der Waals surface area contributed by atoms with Gasteiger partial charge in [0.25, 0.3) is 11.6 Å². The van der Waals surface area contributed by atoms with Crippen molar-refractivity contribution in [3.05, 3.63) is 33.6 Å². The number of carbonyl (C=O) groups is 1. The van der Waals surface area contributed by atoms with Gasteiger partial charge in [-0.25, -0.2) is 4.98 Å². The Kier molecular flexibility index (Phi) is 2.65. The van der Waals surface area contributed by atoms with Crippen molar-refractivity contribution in [1.29, 1.82) is 0 Å². The summed E-state index contributed by atoms with van der Waals surface area (Å²) in [5.74, 6) is -1.48. The van der Waals surface area contributed by atoms with E-state index in [0.29, 0.717) is 12.1 Å². The van der Waals surface area contributed by atoms with E-state index in [2.05, 4.69) is 9.97 Å². The Balaban J connectivity index is 2.80. The van der Waals surface area contributed by atoms with E-state index in [1.165, 1.54) is 0 Å². The molecule has 0 saturated heterocycles. The van der Waals surface area contributed by atoms with Gasteiger partial charge >= 0.3 is 6.18 Å². The maximum Gasteiger partial charge on any atom is 0.416 e. The van der Waals surface area contributed by atoms with Crippen LogP contribution in [0.1, 0.15) is 16.2 Å². The molecule has 1 amide bonds. The predicted octanol–water partition coefficient (Wildman–Crippen LogP) is 1.59. The van der Waals surface area contributed by atoms with Crippen molar-refractivity contribution < 1.29 is 22.9 Å². The second-order valence-electron chi connectivity index (χ2n) is 3.60. The molecule has 10 heteroatoms. The molecule has 19 heavy (non-hydrogen) atoms. The zero-order valence-corrected chi connectivity index (χ0v) is 8.99. The molecular weight excluding hydrogens is 269 g/mol. The summed E-state index contributed by atoms with van der Waals surface area (Å²) in [6.07, 6.45) is -4.75. The zero-order chi connectivity index (χ0) is 14.4. The zero-order valence-electron chi connectivity index (χ0n) is 8.99. The van der Waals surface area contributed by atoms with Gasteiger partial charge in [-0.1, -0.05) is 0 Å². The summed E-state index contributed by atoms with van der Waals surface area (Å²) in [7, 11) is 0. The first kappa shape index (κ1) is 12.8. The summed E-state index contributed by atoms with van der Waals surface area (Å²) < 4.78 is 37.7. The summed E-state index contributed by atoms with van der Waals surface area (Å²) in [4.78, 5) is 26.3. The van der Waals surface area contributed by atoms with Crippen LogP contribution in [-0.4, -0.2) is 20.8 Å². The fraction of sp³-hybridized carbons (Fsp3) is 0.111. The van der Waals surface area contributed by atoms with Gasteiger partial charge in [0.2, 0.25) is 0 Å². The van der Waals surface area contributed by atoms with E-state index in [1.54, 1.807) is 0 Å². The summed E-state index contributed by atoms with van der Waals surface area (Å²) >= 11 is 0. The SMILES string of the molecule is NC(=O)c1nc2c([N+](=O)[O-])cc(C(F)(F)F)cc2[nH]1. The van der Waals surface area contributed by atoms with Gasteiger partial charge < -0.3 is 10.7 Å². The number of nitrogens with two attached hydrogens (primary N) is 1. The van der Waals surface area contributed by atoms with Crippen LogP contribution >= 0.6 is 0 Å². The number of fused-ring (bicyclic) bond motifs is 1. The minimum absolute atomic E-state index is 0.282. The number of nitrogens with zero attached hydrogens (tertiary/aromatic N) is 2. The number of nitrogens with one attached hydrogen (secondary N) is 1. The van der Waals surface area contributed by atoms with E-state index < -0.39 is 34.1 Å². The van der Waals surface area contributed by atoms with E-state index in [0.717, 1.165) is 0 Å². The highest BCUT2D eigenvalue weighted by atomic mass is 19.4. The average Bonchev–Trinajstić information content (AvgIpc) is 2.69. The van der Waals surface area contributed by atoms with Crippen molar-refractivity contribution >= 4 is 22.6 Å². The summed E-state index contributed by atoms with van der Waals surface area (Å²) in [6, 6.07) is 0.982. The van der Waals surface area contributed by atoms with E-state index in [1.807, 2.05) is 0 Å². The normalized spacial score (nSPS) is 11.7. The smallest absolute Gasteiger partial charge is 0.363 e. The van der Waals surface area contributed by atoms with Gasteiger partial charge in [-0.05, 0) is 6.07 Å². The standard InChI is InChI=1S/C9H5F3N4O3/c10-9(11,12)3-1-4-6(5(2-3)16(18)19)15-8(14-4)7(13)17/h1-2H,(H2,13,17)(H,14,15). The Morgan fingerprint density at radius 3 is 2.53 bits per heavy atom. The van der Waals surface area contributed by atoms with Crippen molar-refractivity contribution in [3.63, 3.8) is 0 Å². The van der Waals surface area contributed by atoms with Gasteiger partial charge in [0, 0.05) is 6.07 Å². The number of hydrogen-bond donors (Lipinski definition) is 2. The van der Waals surface area contributed by atoms with Crippen LogP contribution in [0.25, 0.3) is 11.0 Å². The number of nitro groups is 1. The van der Waals surface area contributed by atoms with Crippen LogP contribution in [0.2, 0.25) is 0 Å². The number of H-pyrrole nitrogens is 1. The van der Waals surface area contributed by atoms with E-state index >= 15 is 0 Å². The number of hydrogen-bond acceptors (Lipinski definition) is 4. The van der Waals surface area contributed by atoms with Gasteiger partial charge in [0.1, 0.15) is 0 Å². The van der Waals surface area contributed by atoms with E-state index in [9.17, 15) is 28.1 Å². The topological polar surface area (TPSA) is 115 Å². The Bertz CT molecular complexity index is 692. The van der Waals surface area contributed by atoms with Crippen molar-refractivity contribution in [1.82, 2.24) is 9.97 Å². The first-order chi connectivity index (χ1) is 8.70. The quantitative estimate of drug-likeness (QED) is 0.639. The number of amides is 1. The number of non-ortho nitro benzene ring substituents is 1. The predicted molar refractivity (Wildman–Crippen MR) is 56.3 cm³/mol. The molecule has 0 aliphatic carbocycles. The molecule has 7 nitrogen and oxygen atoms in total. The molecule has 0 fully saturated rings. The molecular formula is C9H5F3N4O3. The van der Waals surface area contributed by atoms with Crippen molar-refractivity contribution in [3.8, 4) is 0 Å². The fourth-order valence-electron chi connectivity index (χ4n) is 1.52. The van der Waals surface area contributed by atoms with Gasteiger partial charge in [0.05, 0.1) is 16.0 Å². The number of nitro benzene ring substituents is 1. The number of halogens is 3. The van der Waals surface area contributed by atoms with Crippen molar-refractivity contribution in [2.45, 2.75) is 6.18 Å². The second-order valence-corrected chi connectivity index (χ2v) is 3.60. The molecule has 2 aromatic rings. The molecule has 0 bridgehead atoms. The molecule has 0 atom stereocenters. The monoisotopic (exact) mass is 274 g/mol. The number of aromatic nitrogens is 2. The Hall–Kier alpha value is -2.65. The number of carbonyl (C=O) groups excluding carboxylic acids is 1. The largest absolute Gasteiger partial charge is 0.416 e. The number of primary amides is 1. The molecule has 1 aromatic heterocycles. The van der Waals surface area contributed by atoms with Crippen LogP contribution < -0.4 is 5.73 Å². The first-order valence-electron chi connectivity index (χ1n) is 4.75. The second kappa shape index (κ2) is 3.93. The Morgan fingerprint density at radius 2 is 2.05 bits per heavy atom. The molecule has 2 rings (SSSR count). The van der Waals surface area contributed by atoms with Gasteiger partial charge in [-0.15, -0.1) is 0 Å². The summed E-state index contributed by atoms with van der Waals surface area (Å²) in [5.41, 5.74) is 2.20. The fourth-order valence-corrected chi connectivity index (χ4v) is 1.52. The third kappa shape index (κ3) is 2.19. The molecule has 3 N–H and O–H groups in total. The highest BCUT2D eigenvalue weighted by Crippen LogP contribution is 2.35. The number of alkyl halides is 3. The van der Waals surface area contributed by atoms with Crippen molar-refractivity contribution in [2.75, 3.05) is 0 Å². The molecule has 1 aromatic carbocycles. The summed E-state index contributed by atoms with van der Waals surface area (Å²) in [5, 5.41) is 10.7. The Labute approximate surface area is 102 Å². The Morgan fingerprint density at radius 1 is 1.42 bits per heavy atom. The molecule has 0 aliphatic rings. The third-order valence-electron chi connectivity index (χ3n) is 2.32. The minimum atomic E-state index is -4.75. The lowest BCUT2D eigenvalue weighted by Gasteiger charge is -2.05. The number of benzene rings is 1. The number of imidazole rings is 1. The van der Waals surface area contributed by atoms with Crippen LogP contribution in [0.4, 0.5) is 18.9 Å². The molecule has 0 spiro atoms. The third-order valence-corrected chi connectivity index (χ3v) is 2.32. The number of rotatable bonds is 2. The molecule has 0 saturated carbocycles. The molecule has 0 aliphatic heterocycles. The lowest BCUT2D eigenvalue weighted by atomic mass is 10.1. The molecule has 100 valence electrons. The van der Waals surface area contributed by atoms with E-state index in [4.69, 9.17) is 5.73 Å². The molecule has 0 radical (unpaired) electrons. The highest BCUT2D eigenvalue weighted by molar-refractivity contribution is 5.95. The minimum Gasteiger partial charge on any atom is -0.363 e. The van der Waals surface area contributed by atoms with Gasteiger partial charge in [0.15, 0.2) is 11.3 Å². The maximum atomic E-state index is 12.6. The summed E-state index contributed by atoms with van der Waals surface area (Å²) in [6.45, 7) is 0. The van der Waals surface area contributed by atoms with Crippen LogP contribution in [0.15, 0.2) is 12.1 Å². The van der Waals surface area contributed by atoms with Crippen molar-refractivity contribution in [2.24, 2.45) is 5.73 Å².